The third-order valence-electron chi connectivity index (χ3n) is 7.51. The Hall–Kier alpha value is -3.54. The van der Waals surface area contributed by atoms with E-state index < -0.39 is 53.3 Å². The molecule has 4 rings (SSSR count). The Morgan fingerprint density at radius 1 is 1.07 bits per heavy atom. The minimum Gasteiger partial charge on any atom is -0.493 e. The van der Waals surface area contributed by atoms with Gasteiger partial charge in [-0.2, -0.15) is 0 Å². The molecular formula is C29H41N3O9. The molecule has 226 valence electrons. The molecule has 1 fully saturated rings. The van der Waals surface area contributed by atoms with Crippen LogP contribution in [-0.2, 0) is 36.9 Å². The molecule has 12 nitrogen and oxygen atoms in total. The molecule has 3 aliphatic rings. The van der Waals surface area contributed by atoms with Crippen LogP contribution in [0, 0.1) is 5.41 Å². The lowest BCUT2D eigenvalue weighted by molar-refractivity contribution is -0.150. The minimum absolute atomic E-state index is 0.0491. The second-order valence-corrected chi connectivity index (χ2v) is 12.5. The molecule has 4 bridgehead atoms. The molecule has 12 heteroatoms. The molecule has 0 saturated carbocycles. The highest BCUT2D eigenvalue weighted by atomic mass is 16.6. The predicted octanol–water partition coefficient (Wildman–Crippen LogP) is 3.30. The summed E-state index contributed by atoms with van der Waals surface area (Å²) in [5, 5.41) is 12.5. The first-order valence-electron chi connectivity index (χ1n) is 14.0. The van der Waals surface area contributed by atoms with Crippen molar-refractivity contribution in [2.24, 2.45) is 5.41 Å². The highest BCUT2D eigenvalue weighted by Crippen LogP contribution is 2.33. The number of nitrogens with zero attached hydrogens (tertiary/aromatic N) is 2. The van der Waals surface area contributed by atoms with Crippen molar-refractivity contribution >= 4 is 24.1 Å². The third kappa shape index (κ3) is 7.41. The van der Waals surface area contributed by atoms with Gasteiger partial charge in [0.05, 0.1) is 25.3 Å². The van der Waals surface area contributed by atoms with E-state index in [9.17, 15) is 24.3 Å². The van der Waals surface area contributed by atoms with Crippen LogP contribution in [0.1, 0.15) is 65.0 Å². The van der Waals surface area contributed by atoms with Crippen LogP contribution >= 0.6 is 0 Å². The Morgan fingerprint density at radius 2 is 1.80 bits per heavy atom. The molecule has 1 saturated heterocycles. The number of benzene rings is 1. The molecule has 41 heavy (non-hydrogen) atoms. The van der Waals surface area contributed by atoms with Crippen molar-refractivity contribution in [2.45, 2.75) is 90.8 Å². The summed E-state index contributed by atoms with van der Waals surface area (Å²) in [5.74, 6) is -1.10. The van der Waals surface area contributed by atoms with Crippen LogP contribution in [0.15, 0.2) is 18.2 Å². The average molecular weight is 576 g/mol. The van der Waals surface area contributed by atoms with E-state index >= 15 is 0 Å². The second-order valence-electron chi connectivity index (χ2n) is 12.5. The number of nitrogens with one attached hydrogen (secondary N) is 1. The van der Waals surface area contributed by atoms with Gasteiger partial charge in [0.1, 0.15) is 30.5 Å². The van der Waals surface area contributed by atoms with E-state index in [1.54, 1.807) is 20.8 Å². The van der Waals surface area contributed by atoms with Gasteiger partial charge in [-0.15, -0.1) is 0 Å². The van der Waals surface area contributed by atoms with Gasteiger partial charge in [-0.1, -0.05) is 32.9 Å². The fraction of sp³-hybridized carbons (Fsp3) is 0.655. The van der Waals surface area contributed by atoms with E-state index in [0.717, 1.165) is 24.0 Å². The maximum Gasteiger partial charge on any atom is 0.410 e. The van der Waals surface area contributed by atoms with E-state index in [0.29, 0.717) is 32.1 Å². The summed E-state index contributed by atoms with van der Waals surface area (Å²) < 4.78 is 23.1. The van der Waals surface area contributed by atoms with E-state index in [2.05, 4.69) is 5.32 Å². The van der Waals surface area contributed by atoms with Gasteiger partial charge in [0.15, 0.2) is 0 Å². The maximum absolute atomic E-state index is 13.7. The number of carbonyl (C=O) groups excluding carboxylic acids is 3. The molecule has 3 heterocycles. The third-order valence-corrected chi connectivity index (χ3v) is 7.51. The lowest BCUT2D eigenvalue weighted by atomic mass is 9.85. The largest absolute Gasteiger partial charge is 0.493 e. The van der Waals surface area contributed by atoms with Crippen molar-refractivity contribution in [1.82, 2.24) is 15.1 Å². The number of cyclic esters (lactones) is 1. The van der Waals surface area contributed by atoms with E-state index in [-0.39, 0.29) is 19.6 Å². The van der Waals surface area contributed by atoms with Gasteiger partial charge in [0, 0.05) is 25.1 Å². The molecule has 0 aromatic heterocycles. The van der Waals surface area contributed by atoms with Gasteiger partial charge in [0.2, 0.25) is 5.91 Å². The number of fused-ring (bicyclic) bond motifs is 3. The van der Waals surface area contributed by atoms with Crippen molar-refractivity contribution < 1.29 is 43.2 Å². The number of carboxylic acid groups (broad SMARTS) is 1. The summed E-state index contributed by atoms with van der Waals surface area (Å²) in [4.78, 5) is 54.4. The van der Waals surface area contributed by atoms with Gasteiger partial charge < -0.3 is 34.3 Å². The average Bonchev–Trinajstić information content (AvgIpc) is 3.52. The van der Waals surface area contributed by atoms with Crippen LogP contribution < -0.4 is 10.1 Å². The first-order valence-corrected chi connectivity index (χ1v) is 14.0. The molecule has 3 atom stereocenters. The number of hydrogen-bond donors (Lipinski definition) is 2. The van der Waals surface area contributed by atoms with Crippen molar-refractivity contribution in [1.29, 1.82) is 0 Å². The highest BCUT2D eigenvalue weighted by Gasteiger charge is 2.47. The first-order chi connectivity index (χ1) is 19.2. The summed E-state index contributed by atoms with van der Waals surface area (Å²) in [5.41, 5.74) is 0.338. The number of amides is 3. The summed E-state index contributed by atoms with van der Waals surface area (Å²) in [6.45, 7) is 10.3. The van der Waals surface area contributed by atoms with Crippen LogP contribution in [0.4, 0.5) is 9.59 Å². The van der Waals surface area contributed by atoms with Gasteiger partial charge in [-0.05, 0) is 43.7 Å². The van der Waals surface area contributed by atoms with Gasteiger partial charge >= 0.3 is 18.2 Å². The van der Waals surface area contributed by atoms with E-state index in [4.69, 9.17) is 18.9 Å². The van der Waals surface area contributed by atoms with Crippen molar-refractivity contribution in [3.05, 3.63) is 29.3 Å². The van der Waals surface area contributed by atoms with Crippen molar-refractivity contribution in [3.63, 3.8) is 0 Å². The fourth-order valence-electron chi connectivity index (χ4n) is 5.22. The molecule has 3 aliphatic heterocycles. The SMILES string of the molecule is CC1(C)COC(=O)N[C@@H](C(C)(C)C)C(=O)N2C[C@@H](CC2C(=O)O)OC(=O)N2Cc3cccc(c3C2)OCCCCO1. The second kappa shape index (κ2) is 12.1. The van der Waals surface area contributed by atoms with Gasteiger partial charge in [0.25, 0.3) is 0 Å². The Balaban J connectivity index is 1.57. The topological polar surface area (TPSA) is 144 Å². The Labute approximate surface area is 240 Å². The fourth-order valence-corrected chi connectivity index (χ4v) is 5.22. The van der Waals surface area contributed by atoms with Crippen LogP contribution in [0.5, 0.6) is 5.75 Å². The number of hydrogen-bond acceptors (Lipinski definition) is 8. The molecule has 0 aliphatic carbocycles. The summed E-state index contributed by atoms with van der Waals surface area (Å²) in [7, 11) is 0. The number of rotatable bonds is 1. The standard InChI is InChI=1S/C29H41N3O9/c1-28(2,3)23-24(33)32-15-19(13-21(32)25(34)35)41-27(37)31-14-18-9-8-10-22(20(18)16-31)38-11-6-7-12-40-29(4,5)17-39-26(36)30-23/h8-10,19,21,23H,6-7,11-17H2,1-5H3,(H,30,36)(H,34,35)/t19-,21?,23-/m1/s1. The maximum atomic E-state index is 13.7. The van der Waals surface area contributed by atoms with Crippen LogP contribution in [-0.4, -0.2) is 89.1 Å². The van der Waals surface area contributed by atoms with Crippen molar-refractivity contribution in [2.75, 3.05) is 26.4 Å². The lowest BCUT2D eigenvalue weighted by Gasteiger charge is -2.34. The first kappa shape index (κ1) is 30.4. The highest BCUT2D eigenvalue weighted by molar-refractivity contribution is 5.90. The molecule has 0 spiro atoms. The number of carboxylic acids is 1. The quantitative estimate of drug-likeness (QED) is 0.515. The predicted molar refractivity (Wildman–Crippen MR) is 146 cm³/mol. The van der Waals surface area contributed by atoms with Gasteiger partial charge in [-0.25, -0.2) is 14.4 Å². The monoisotopic (exact) mass is 575 g/mol. The summed E-state index contributed by atoms with van der Waals surface area (Å²) in [6, 6.07) is 3.39. The number of aliphatic carboxylic acids is 1. The number of ether oxygens (including phenoxy) is 4. The molecule has 2 N–H and O–H groups in total. The van der Waals surface area contributed by atoms with Crippen molar-refractivity contribution in [3.8, 4) is 5.75 Å². The zero-order valence-corrected chi connectivity index (χ0v) is 24.4. The zero-order chi connectivity index (χ0) is 29.9. The van der Waals surface area contributed by atoms with Crippen LogP contribution in [0.3, 0.4) is 0 Å². The molecule has 1 aromatic carbocycles. The van der Waals surface area contributed by atoms with E-state index in [1.165, 1.54) is 9.80 Å². The van der Waals surface area contributed by atoms with Crippen LogP contribution in [0.25, 0.3) is 0 Å². The zero-order valence-electron chi connectivity index (χ0n) is 24.4. The molecule has 1 unspecified atom stereocenters. The minimum atomic E-state index is -1.22. The normalized spacial score (nSPS) is 26.2. The number of alkyl carbamates (subject to hydrolysis) is 1. The smallest absolute Gasteiger partial charge is 0.410 e. The summed E-state index contributed by atoms with van der Waals surface area (Å²) in [6.07, 6.45) is -0.820. The van der Waals surface area contributed by atoms with E-state index in [1.807, 2.05) is 32.0 Å². The molecule has 3 amide bonds. The Morgan fingerprint density at radius 3 is 2.51 bits per heavy atom. The van der Waals surface area contributed by atoms with Gasteiger partial charge in [-0.3, -0.25) is 9.69 Å². The molecular weight excluding hydrogens is 534 g/mol. The summed E-state index contributed by atoms with van der Waals surface area (Å²) >= 11 is 0. The number of carbonyl (C=O) groups is 4. The van der Waals surface area contributed by atoms with Crippen LogP contribution in [0.2, 0.25) is 0 Å². The Bertz CT molecular complexity index is 1160. The Kier molecular flexibility index (Phi) is 9.00. The molecule has 1 aromatic rings. The lowest BCUT2D eigenvalue weighted by Crippen LogP contribution is -2.57. The molecule has 0 radical (unpaired) electrons.